The van der Waals surface area contributed by atoms with Crippen molar-refractivity contribution < 1.29 is 14.6 Å². The summed E-state index contributed by atoms with van der Waals surface area (Å²) in [5.41, 5.74) is 0. The molecule has 0 atom stereocenters. The van der Waals surface area contributed by atoms with Crippen LogP contribution in [0.1, 0.15) is 51.4 Å². The van der Waals surface area contributed by atoms with Crippen LogP contribution in [-0.4, -0.2) is 37.4 Å². The van der Waals surface area contributed by atoms with Crippen LogP contribution in [0.4, 0.5) is 0 Å². The SMILES string of the molecule is O=C(NCCCOCCO)C1CCCCCCC1. The van der Waals surface area contributed by atoms with E-state index >= 15 is 0 Å². The van der Waals surface area contributed by atoms with E-state index in [4.69, 9.17) is 9.84 Å². The molecule has 0 unspecified atom stereocenters. The number of hydrogen-bond acceptors (Lipinski definition) is 3. The monoisotopic (exact) mass is 257 g/mol. The predicted octanol–water partition coefficient (Wildman–Crippen LogP) is 1.86. The Labute approximate surface area is 110 Å². The van der Waals surface area contributed by atoms with Crippen LogP contribution in [0.3, 0.4) is 0 Å². The van der Waals surface area contributed by atoms with E-state index in [2.05, 4.69) is 5.32 Å². The van der Waals surface area contributed by atoms with Gasteiger partial charge in [0.15, 0.2) is 0 Å². The molecule has 1 rings (SSSR count). The average molecular weight is 257 g/mol. The van der Waals surface area contributed by atoms with Gasteiger partial charge in [0.1, 0.15) is 0 Å². The van der Waals surface area contributed by atoms with Crippen LogP contribution in [0.25, 0.3) is 0 Å². The van der Waals surface area contributed by atoms with Gasteiger partial charge in [-0.1, -0.05) is 32.1 Å². The minimum absolute atomic E-state index is 0.0639. The van der Waals surface area contributed by atoms with Crippen molar-refractivity contribution in [1.82, 2.24) is 5.32 Å². The van der Waals surface area contributed by atoms with Crippen LogP contribution in [-0.2, 0) is 9.53 Å². The van der Waals surface area contributed by atoms with E-state index < -0.39 is 0 Å². The minimum Gasteiger partial charge on any atom is -0.394 e. The van der Waals surface area contributed by atoms with Gasteiger partial charge in [0.2, 0.25) is 5.91 Å². The van der Waals surface area contributed by atoms with Gasteiger partial charge in [-0.3, -0.25) is 4.79 Å². The fourth-order valence-corrected chi connectivity index (χ4v) is 2.42. The summed E-state index contributed by atoms with van der Waals surface area (Å²) in [6, 6.07) is 0. The maximum Gasteiger partial charge on any atom is 0.223 e. The van der Waals surface area contributed by atoms with E-state index in [0.29, 0.717) is 19.8 Å². The lowest BCUT2D eigenvalue weighted by atomic mass is 9.90. The van der Waals surface area contributed by atoms with Gasteiger partial charge in [0.05, 0.1) is 13.2 Å². The van der Waals surface area contributed by atoms with Gasteiger partial charge in [-0.05, 0) is 19.3 Å². The zero-order valence-corrected chi connectivity index (χ0v) is 11.3. The first kappa shape index (κ1) is 15.4. The summed E-state index contributed by atoms with van der Waals surface area (Å²) in [4.78, 5) is 12.0. The number of amides is 1. The first-order valence-corrected chi connectivity index (χ1v) is 7.31. The summed E-state index contributed by atoms with van der Waals surface area (Å²) < 4.78 is 5.15. The van der Waals surface area contributed by atoms with Crippen LogP contribution in [0.2, 0.25) is 0 Å². The lowest BCUT2D eigenvalue weighted by Gasteiger charge is -2.19. The summed E-state index contributed by atoms with van der Waals surface area (Å²) in [5.74, 6) is 0.447. The van der Waals surface area contributed by atoms with E-state index in [-0.39, 0.29) is 18.4 Å². The highest BCUT2D eigenvalue weighted by Gasteiger charge is 2.18. The Morgan fingerprint density at radius 1 is 1.11 bits per heavy atom. The molecule has 0 radical (unpaired) electrons. The normalized spacial score (nSPS) is 18.1. The number of aliphatic hydroxyl groups is 1. The van der Waals surface area contributed by atoms with Crippen molar-refractivity contribution in [2.24, 2.45) is 5.92 Å². The Kier molecular flexibility index (Phi) is 8.86. The first-order chi connectivity index (χ1) is 8.84. The van der Waals surface area contributed by atoms with Crippen LogP contribution in [0.5, 0.6) is 0 Å². The summed E-state index contributed by atoms with van der Waals surface area (Å²) in [6.45, 7) is 1.73. The highest BCUT2D eigenvalue weighted by Crippen LogP contribution is 2.22. The van der Waals surface area contributed by atoms with Gasteiger partial charge in [0, 0.05) is 19.1 Å². The molecule has 1 aliphatic rings. The highest BCUT2D eigenvalue weighted by molar-refractivity contribution is 5.78. The zero-order chi connectivity index (χ0) is 13.1. The molecule has 0 aromatic carbocycles. The van der Waals surface area contributed by atoms with Gasteiger partial charge in [-0.2, -0.15) is 0 Å². The third kappa shape index (κ3) is 6.97. The Hall–Kier alpha value is -0.610. The fourth-order valence-electron chi connectivity index (χ4n) is 2.42. The topological polar surface area (TPSA) is 58.6 Å². The molecule has 0 aliphatic heterocycles. The van der Waals surface area contributed by atoms with Crippen molar-refractivity contribution >= 4 is 5.91 Å². The van der Waals surface area contributed by atoms with Gasteiger partial charge in [-0.25, -0.2) is 0 Å². The number of ether oxygens (including phenoxy) is 1. The van der Waals surface area contributed by atoms with Gasteiger partial charge in [0.25, 0.3) is 0 Å². The smallest absolute Gasteiger partial charge is 0.223 e. The molecule has 18 heavy (non-hydrogen) atoms. The number of nitrogens with one attached hydrogen (secondary N) is 1. The van der Waals surface area contributed by atoms with Crippen LogP contribution in [0.15, 0.2) is 0 Å². The summed E-state index contributed by atoms with van der Waals surface area (Å²) in [5, 5.41) is 11.5. The molecule has 106 valence electrons. The van der Waals surface area contributed by atoms with Crippen molar-refractivity contribution in [2.45, 2.75) is 51.4 Å². The second-order valence-corrected chi connectivity index (χ2v) is 5.02. The van der Waals surface area contributed by atoms with Gasteiger partial charge in [-0.15, -0.1) is 0 Å². The molecule has 1 amide bonds. The third-order valence-corrected chi connectivity index (χ3v) is 3.48. The van der Waals surface area contributed by atoms with E-state index in [0.717, 1.165) is 19.3 Å². The Bertz CT molecular complexity index is 213. The molecule has 0 aromatic rings. The third-order valence-electron chi connectivity index (χ3n) is 3.48. The van der Waals surface area contributed by atoms with Crippen LogP contribution >= 0.6 is 0 Å². The molecule has 1 saturated carbocycles. The molecule has 2 N–H and O–H groups in total. The number of carbonyl (C=O) groups is 1. The standard InChI is InChI=1S/C14H27NO3/c16-10-12-18-11-6-9-15-14(17)13-7-4-2-1-3-5-8-13/h13,16H,1-12H2,(H,15,17). The van der Waals surface area contributed by atoms with Crippen LogP contribution in [0, 0.1) is 5.92 Å². The Morgan fingerprint density at radius 2 is 1.78 bits per heavy atom. The molecule has 0 saturated heterocycles. The summed E-state index contributed by atoms with van der Waals surface area (Å²) >= 11 is 0. The van der Waals surface area contributed by atoms with Crippen molar-refractivity contribution in [3.05, 3.63) is 0 Å². The second kappa shape index (κ2) is 10.3. The van der Waals surface area contributed by atoms with E-state index in [1.165, 1.54) is 32.1 Å². The van der Waals surface area contributed by atoms with Crippen molar-refractivity contribution in [3.63, 3.8) is 0 Å². The van der Waals surface area contributed by atoms with E-state index in [1.54, 1.807) is 0 Å². The molecular formula is C14H27NO3. The molecule has 1 fully saturated rings. The molecule has 0 aromatic heterocycles. The molecule has 0 heterocycles. The molecule has 1 aliphatic carbocycles. The molecule has 0 spiro atoms. The molecule has 0 bridgehead atoms. The predicted molar refractivity (Wildman–Crippen MR) is 71.3 cm³/mol. The largest absolute Gasteiger partial charge is 0.394 e. The molecular weight excluding hydrogens is 230 g/mol. The van der Waals surface area contributed by atoms with E-state index in [1.807, 2.05) is 0 Å². The zero-order valence-electron chi connectivity index (χ0n) is 11.3. The summed E-state index contributed by atoms with van der Waals surface area (Å²) in [6.07, 6.45) is 9.18. The molecule has 4 nitrogen and oxygen atoms in total. The number of rotatable bonds is 7. The van der Waals surface area contributed by atoms with E-state index in [9.17, 15) is 4.79 Å². The maximum absolute atomic E-state index is 12.0. The van der Waals surface area contributed by atoms with Crippen molar-refractivity contribution in [2.75, 3.05) is 26.4 Å². The number of aliphatic hydroxyl groups excluding tert-OH is 1. The molecule has 4 heteroatoms. The minimum atomic E-state index is 0.0639. The first-order valence-electron chi connectivity index (χ1n) is 7.31. The fraction of sp³-hybridized carbons (Fsp3) is 0.929. The van der Waals surface area contributed by atoms with Crippen molar-refractivity contribution in [3.8, 4) is 0 Å². The van der Waals surface area contributed by atoms with Crippen LogP contribution < -0.4 is 5.32 Å². The summed E-state index contributed by atoms with van der Waals surface area (Å²) in [7, 11) is 0. The maximum atomic E-state index is 12.0. The Balaban J connectivity index is 2.06. The highest BCUT2D eigenvalue weighted by atomic mass is 16.5. The van der Waals surface area contributed by atoms with Gasteiger partial charge < -0.3 is 15.2 Å². The number of carbonyl (C=O) groups excluding carboxylic acids is 1. The quantitative estimate of drug-likeness (QED) is 0.684. The Morgan fingerprint density at radius 3 is 2.44 bits per heavy atom. The lowest BCUT2D eigenvalue weighted by Crippen LogP contribution is -2.32. The second-order valence-electron chi connectivity index (χ2n) is 5.02. The lowest BCUT2D eigenvalue weighted by molar-refractivity contribution is -0.125. The number of hydrogen-bond donors (Lipinski definition) is 2. The van der Waals surface area contributed by atoms with Gasteiger partial charge >= 0.3 is 0 Å². The average Bonchev–Trinajstić information content (AvgIpc) is 2.33. The van der Waals surface area contributed by atoms with Crippen molar-refractivity contribution in [1.29, 1.82) is 0 Å².